The van der Waals surface area contributed by atoms with Crippen LogP contribution >= 0.6 is 11.3 Å². The summed E-state index contributed by atoms with van der Waals surface area (Å²) in [4.78, 5) is 29.4. The number of carbonyl (C=O) groups excluding carboxylic acids is 2. The van der Waals surface area contributed by atoms with E-state index in [-0.39, 0.29) is 11.8 Å². The molecule has 0 radical (unpaired) electrons. The van der Waals surface area contributed by atoms with Crippen molar-refractivity contribution in [2.24, 2.45) is 5.73 Å². The summed E-state index contributed by atoms with van der Waals surface area (Å²) in [7, 11) is 0. The number of nitrogens with one attached hydrogen (secondary N) is 1. The first-order chi connectivity index (χ1) is 11.4. The van der Waals surface area contributed by atoms with Crippen molar-refractivity contribution in [3.63, 3.8) is 0 Å². The minimum absolute atomic E-state index is 0.212. The summed E-state index contributed by atoms with van der Waals surface area (Å²) in [5, 5.41) is 3.72. The molecule has 0 aliphatic heterocycles. The van der Waals surface area contributed by atoms with Crippen LogP contribution in [0.15, 0.2) is 30.3 Å². The van der Waals surface area contributed by atoms with E-state index < -0.39 is 11.9 Å². The summed E-state index contributed by atoms with van der Waals surface area (Å²) in [6, 6.07) is 8.78. The molecular formula is C18H23N3O2S. The molecule has 0 saturated carbocycles. The second-order valence-electron chi connectivity index (χ2n) is 5.82. The molecule has 0 aliphatic carbocycles. The Labute approximate surface area is 146 Å². The maximum atomic E-state index is 12.6. The lowest BCUT2D eigenvalue weighted by Gasteiger charge is -2.22. The molecule has 0 bridgehead atoms. The van der Waals surface area contributed by atoms with Gasteiger partial charge in [-0.15, -0.1) is 11.3 Å². The van der Waals surface area contributed by atoms with Gasteiger partial charge in [0.15, 0.2) is 0 Å². The van der Waals surface area contributed by atoms with Crippen molar-refractivity contribution in [1.29, 1.82) is 0 Å². The summed E-state index contributed by atoms with van der Waals surface area (Å²) in [5.74, 6) is -1.05. The summed E-state index contributed by atoms with van der Waals surface area (Å²) in [6.45, 7) is 5.76. The molecule has 24 heavy (non-hydrogen) atoms. The van der Waals surface area contributed by atoms with Crippen molar-refractivity contribution < 1.29 is 9.59 Å². The second-order valence-corrected chi connectivity index (χ2v) is 6.91. The Morgan fingerprint density at radius 1 is 1.29 bits per heavy atom. The molecule has 1 aromatic carbocycles. The van der Waals surface area contributed by atoms with Gasteiger partial charge in [-0.2, -0.15) is 0 Å². The molecule has 0 saturated heterocycles. The molecule has 128 valence electrons. The SMILES string of the molecule is CCCc1nc(C)c(C(=O)N[C@H](C(N)=O)[C@@H](C)c2ccccc2)s1. The second kappa shape index (κ2) is 8.06. The number of rotatable bonds is 7. The normalized spacial score (nSPS) is 13.3. The lowest BCUT2D eigenvalue weighted by molar-refractivity contribution is -0.120. The van der Waals surface area contributed by atoms with Gasteiger partial charge in [-0.05, 0) is 25.3 Å². The smallest absolute Gasteiger partial charge is 0.263 e. The fourth-order valence-electron chi connectivity index (χ4n) is 2.58. The Hall–Kier alpha value is -2.21. The highest BCUT2D eigenvalue weighted by Crippen LogP contribution is 2.22. The molecular weight excluding hydrogens is 322 g/mol. The molecule has 0 aliphatic rings. The van der Waals surface area contributed by atoms with Gasteiger partial charge in [0.25, 0.3) is 5.91 Å². The van der Waals surface area contributed by atoms with Gasteiger partial charge in [0.1, 0.15) is 10.9 Å². The molecule has 0 spiro atoms. The first-order valence-corrected chi connectivity index (χ1v) is 8.87. The maximum Gasteiger partial charge on any atom is 0.263 e. The van der Waals surface area contributed by atoms with Gasteiger partial charge in [-0.3, -0.25) is 9.59 Å². The monoisotopic (exact) mass is 345 g/mol. The van der Waals surface area contributed by atoms with Gasteiger partial charge in [-0.1, -0.05) is 44.2 Å². The van der Waals surface area contributed by atoms with Crippen LogP contribution in [0.2, 0.25) is 0 Å². The van der Waals surface area contributed by atoms with Crippen LogP contribution in [-0.4, -0.2) is 22.8 Å². The first kappa shape index (κ1) is 18.1. The average molecular weight is 345 g/mol. The zero-order valence-corrected chi connectivity index (χ0v) is 15.0. The Balaban J connectivity index is 2.18. The minimum Gasteiger partial charge on any atom is -0.368 e. The van der Waals surface area contributed by atoms with E-state index in [2.05, 4.69) is 17.2 Å². The van der Waals surface area contributed by atoms with E-state index >= 15 is 0 Å². The highest BCUT2D eigenvalue weighted by molar-refractivity contribution is 7.13. The molecule has 2 atom stereocenters. The number of primary amides is 1. The van der Waals surface area contributed by atoms with Crippen LogP contribution in [0.1, 0.15) is 52.1 Å². The molecule has 3 N–H and O–H groups in total. The predicted molar refractivity (Wildman–Crippen MR) is 96.2 cm³/mol. The number of aryl methyl sites for hydroxylation is 2. The lowest BCUT2D eigenvalue weighted by Crippen LogP contribution is -2.47. The number of nitrogens with two attached hydrogens (primary N) is 1. The number of nitrogens with zero attached hydrogens (tertiary/aromatic N) is 1. The zero-order chi connectivity index (χ0) is 17.7. The Morgan fingerprint density at radius 3 is 2.54 bits per heavy atom. The van der Waals surface area contributed by atoms with Crippen molar-refractivity contribution in [1.82, 2.24) is 10.3 Å². The van der Waals surface area contributed by atoms with Crippen molar-refractivity contribution >= 4 is 23.2 Å². The van der Waals surface area contributed by atoms with E-state index in [0.29, 0.717) is 10.6 Å². The highest BCUT2D eigenvalue weighted by atomic mass is 32.1. The van der Waals surface area contributed by atoms with Gasteiger partial charge >= 0.3 is 0 Å². The van der Waals surface area contributed by atoms with Crippen molar-refractivity contribution in [2.45, 2.75) is 45.6 Å². The minimum atomic E-state index is -0.768. The van der Waals surface area contributed by atoms with Crippen LogP contribution in [0.3, 0.4) is 0 Å². The van der Waals surface area contributed by atoms with Crippen LogP contribution in [0.4, 0.5) is 0 Å². The van der Waals surface area contributed by atoms with E-state index in [1.165, 1.54) is 11.3 Å². The van der Waals surface area contributed by atoms with Crippen molar-refractivity contribution in [2.75, 3.05) is 0 Å². The number of hydrogen-bond acceptors (Lipinski definition) is 4. The van der Waals surface area contributed by atoms with Gasteiger partial charge in [0, 0.05) is 5.92 Å². The topological polar surface area (TPSA) is 85.1 Å². The molecule has 1 heterocycles. The van der Waals surface area contributed by atoms with E-state index in [9.17, 15) is 9.59 Å². The van der Waals surface area contributed by atoms with Gasteiger partial charge < -0.3 is 11.1 Å². The number of benzene rings is 1. The molecule has 6 heteroatoms. The third kappa shape index (κ3) is 4.20. The standard InChI is InChI=1S/C18H23N3O2S/c1-4-8-14-20-12(3)16(24-14)18(23)21-15(17(19)22)11(2)13-9-6-5-7-10-13/h5-7,9-11,15H,4,8H2,1-3H3,(H2,19,22)(H,21,23)/t11-,15-/m0/s1. The van der Waals surface area contributed by atoms with E-state index in [1.807, 2.05) is 44.2 Å². The first-order valence-electron chi connectivity index (χ1n) is 8.05. The van der Waals surface area contributed by atoms with E-state index in [0.717, 1.165) is 23.4 Å². The summed E-state index contributed by atoms with van der Waals surface area (Å²) < 4.78 is 0. The summed E-state index contributed by atoms with van der Waals surface area (Å²) in [5.41, 5.74) is 7.17. The molecule has 2 aromatic rings. The van der Waals surface area contributed by atoms with Crippen molar-refractivity contribution in [3.05, 3.63) is 51.5 Å². The largest absolute Gasteiger partial charge is 0.368 e. The number of hydrogen-bond donors (Lipinski definition) is 2. The number of thiazole rings is 1. The third-order valence-electron chi connectivity index (χ3n) is 3.93. The van der Waals surface area contributed by atoms with Crippen molar-refractivity contribution in [3.8, 4) is 0 Å². The summed E-state index contributed by atoms with van der Waals surface area (Å²) >= 11 is 1.38. The molecule has 1 aromatic heterocycles. The average Bonchev–Trinajstić information content (AvgIpc) is 2.93. The Kier molecular flexibility index (Phi) is 6.09. The van der Waals surface area contributed by atoms with Crippen LogP contribution in [-0.2, 0) is 11.2 Å². The lowest BCUT2D eigenvalue weighted by atomic mass is 9.93. The third-order valence-corrected chi connectivity index (χ3v) is 5.15. The molecule has 2 rings (SSSR count). The fourth-order valence-corrected chi connectivity index (χ4v) is 3.65. The predicted octanol–water partition coefficient (Wildman–Crippen LogP) is 2.79. The van der Waals surface area contributed by atoms with Crippen LogP contribution < -0.4 is 11.1 Å². The van der Waals surface area contributed by atoms with Crippen LogP contribution in [0.25, 0.3) is 0 Å². The zero-order valence-electron chi connectivity index (χ0n) is 14.2. The van der Waals surface area contributed by atoms with E-state index in [1.54, 1.807) is 0 Å². The van der Waals surface area contributed by atoms with Gasteiger partial charge in [0.2, 0.25) is 5.91 Å². The van der Waals surface area contributed by atoms with Crippen LogP contribution in [0, 0.1) is 6.92 Å². The Morgan fingerprint density at radius 2 is 1.96 bits per heavy atom. The molecule has 2 amide bonds. The quantitative estimate of drug-likeness (QED) is 0.809. The van der Waals surface area contributed by atoms with Crippen LogP contribution in [0.5, 0.6) is 0 Å². The maximum absolute atomic E-state index is 12.6. The van der Waals surface area contributed by atoms with Gasteiger partial charge in [0.05, 0.1) is 10.7 Å². The Bertz CT molecular complexity index is 712. The molecule has 0 unspecified atom stereocenters. The van der Waals surface area contributed by atoms with E-state index in [4.69, 9.17) is 5.73 Å². The summed E-state index contributed by atoms with van der Waals surface area (Å²) in [6.07, 6.45) is 1.82. The highest BCUT2D eigenvalue weighted by Gasteiger charge is 2.27. The molecule has 5 nitrogen and oxygen atoms in total. The number of amides is 2. The fraction of sp³-hybridized carbons (Fsp3) is 0.389. The van der Waals surface area contributed by atoms with Gasteiger partial charge in [-0.25, -0.2) is 4.98 Å². The number of aromatic nitrogens is 1. The molecule has 0 fully saturated rings. The number of carbonyl (C=O) groups is 2.